The predicted molar refractivity (Wildman–Crippen MR) is 49.6 cm³/mol. The summed E-state index contributed by atoms with van der Waals surface area (Å²) < 4.78 is 0. The van der Waals surface area contributed by atoms with Crippen molar-refractivity contribution in [1.82, 2.24) is 0 Å². The Morgan fingerprint density at radius 3 is 2.43 bits per heavy atom. The molecule has 0 aliphatic heterocycles. The average molecular weight is 192 g/mol. The molecule has 0 bridgehead atoms. The Balaban J connectivity index is 3.19. The minimum Gasteiger partial charge on any atom is -0.507 e. The molecule has 4 nitrogen and oxygen atoms in total. The zero-order valence-corrected chi connectivity index (χ0v) is 7.23. The lowest BCUT2D eigenvalue weighted by Gasteiger charge is -2.00. The largest absolute Gasteiger partial charge is 0.507 e. The van der Waals surface area contributed by atoms with Crippen molar-refractivity contribution in [1.29, 1.82) is 0 Å². The third kappa shape index (κ3) is 1.80. The molecule has 1 rings (SSSR count). The van der Waals surface area contributed by atoms with Crippen molar-refractivity contribution in [2.75, 3.05) is 0 Å². The second-order valence-electron chi connectivity index (χ2n) is 2.61. The number of aromatic hydroxyl groups is 1. The molecule has 72 valence electrons. The van der Waals surface area contributed by atoms with E-state index in [2.05, 4.69) is 6.58 Å². The summed E-state index contributed by atoms with van der Waals surface area (Å²) in [6.45, 7) is 3.28. The van der Waals surface area contributed by atoms with Crippen LogP contribution in [0.25, 0.3) is 0 Å². The van der Waals surface area contributed by atoms with Gasteiger partial charge >= 0.3 is 5.97 Å². The molecule has 0 spiro atoms. The highest BCUT2D eigenvalue weighted by molar-refractivity contribution is 6.05. The number of phenols is 1. The second-order valence-corrected chi connectivity index (χ2v) is 2.61. The van der Waals surface area contributed by atoms with E-state index in [9.17, 15) is 14.7 Å². The number of rotatable bonds is 3. The number of ketones is 1. The third-order valence-electron chi connectivity index (χ3n) is 1.70. The number of carbonyl (C=O) groups excluding carboxylic acids is 1. The van der Waals surface area contributed by atoms with Crippen LogP contribution < -0.4 is 0 Å². The van der Waals surface area contributed by atoms with Gasteiger partial charge in [0.25, 0.3) is 0 Å². The monoisotopic (exact) mass is 192 g/mol. The molecular formula is C10H8O4. The molecule has 0 heterocycles. The van der Waals surface area contributed by atoms with Crippen LogP contribution >= 0.6 is 0 Å². The fourth-order valence-corrected chi connectivity index (χ4v) is 0.984. The molecule has 0 saturated heterocycles. The molecule has 0 unspecified atom stereocenters. The Bertz CT molecular complexity index is 407. The number of allylic oxidation sites excluding steroid dienone is 1. The van der Waals surface area contributed by atoms with Crippen molar-refractivity contribution in [3.05, 3.63) is 42.0 Å². The van der Waals surface area contributed by atoms with Crippen LogP contribution in [0.3, 0.4) is 0 Å². The van der Waals surface area contributed by atoms with Crippen molar-refractivity contribution in [2.24, 2.45) is 0 Å². The number of carboxylic acid groups (broad SMARTS) is 1. The zero-order valence-electron chi connectivity index (χ0n) is 7.23. The van der Waals surface area contributed by atoms with E-state index in [1.807, 2.05) is 0 Å². The van der Waals surface area contributed by atoms with Gasteiger partial charge in [0.1, 0.15) is 11.3 Å². The van der Waals surface area contributed by atoms with E-state index in [0.717, 1.165) is 12.1 Å². The first-order valence-electron chi connectivity index (χ1n) is 3.79. The molecule has 1 aromatic rings. The van der Waals surface area contributed by atoms with Gasteiger partial charge in [0.2, 0.25) is 0 Å². The Morgan fingerprint density at radius 1 is 1.36 bits per heavy atom. The first kappa shape index (κ1) is 9.98. The molecular weight excluding hydrogens is 184 g/mol. The van der Waals surface area contributed by atoms with Crippen LogP contribution in [-0.4, -0.2) is 22.0 Å². The van der Waals surface area contributed by atoms with Crippen molar-refractivity contribution in [3.63, 3.8) is 0 Å². The van der Waals surface area contributed by atoms with Crippen molar-refractivity contribution < 1.29 is 19.8 Å². The second kappa shape index (κ2) is 3.74. The van der Waals surface area contributed by atoms with Crippen LogP contribution in [0.4, 0.5) is 0 Å². The molecule has 2 N–H and O–H groups in total. The topological polar surface area (TPSA) is 74.6 Å². The fraction of sp³-hybridized carbons (Fsp3) is 0. The summed E-state index contributed by atoms with van der Waals surface area (Å²) in [5.41, 5.74) is -0.0203. The number of hydrogen-bond acceptors (Lipinski definition) is 3. The van der Waals surface area contributed by atoms with Gasteiger partial charge < -0.3 is 10.2 Å². The summed E-state index contributed by atoms with van der Waals surface area (Å²) in [6.07, 6.45) is 1.09. The molecule has 0 atom stereocenters. The van der Waals surface area contributed by atoms with Crippen LogP contribution in [-0.2, 0) is 0 Å². The van der Waals surface area contributed by atoms with Gasteiger partial charge in [-0.1, -0.05) is 6.58 Å². The summed E-state index contributed by atoms with van der Waals surface area (Å²) in [7, 11) is 0. The first-order valence-corrected chi connectivity index (χ1v) is 3.79. The quantitative estimate of drug-likeness (QED) is 0.561. The van der Waals surface area contributed by atoms with Gasteiger partial charge in [0, 0.05) is 5.56 Å². The summed E-state index contributed by atoms with van der Waals surface area (Å²) in [5, 5.41) is 17.8. The van der Waals surface area contributed by atoms with E-state index in [0.29, 0.717) is 0 Å². The Hall–Kier alpha value is -2.10. The standard InChI is InChI=1S/C10H8O4/c1-2-8(11)6-3-4-7(10(13)14)9(12)5-6/h2-5,12H,1H2,(H,13,14). The number of aromatic carboxylic acids is 1. The molecule has 0 aromatic heterocycles. The summed E-state index contributed by atoms with van der Waals surface area (Å²) in [5.74, 6) is -2.03. The number of carbonyl (C=O) groups is 2. The Labute approximate surface area is 80.1 Å². The first-order chi connectivity index (χ1) is 6.56. The molecule has 4 heteroatoms. The minimum absolute atomic E-state index is 0.211. The number of benzene rings is 1. The van der Waals surface area contributed by atoms with Gasteiger partial charge in [-0.3, -0.25) is 4.79 Å². The highest BCUT2D eigenvalue weighted by Crippen LogP contribution is 2.19. The molecule has 0 fully saturated rings. The summed E-state index contributed by atoms with van der Waals surface area (Å²) in [6, 6.07) is 3.61. The van der Waals surface area contributed by atoms with E-state index in [4.69, 9.17) is 5.11 Å². The van der Waals surface area contributed by atoms with E-state index < -0.39 is 11.7 Å². The minimum atomic E-state index is -1.24. The lowest BCUT2D eigenvalue weighted by Crippen LogP contribution is -1.99. The van der Waals surface area contributed by atoms with Gasteiger partial charge in [-0.15, -0.1) is 0 Å². The molecule has 1 aromatic carbocycles. The lowest BCUT2D eigenvalue weighted by atomic mass is 10.1. The Morgan fingerprint density at radius 2 is 2.00 bits per heavy atom. The van der Waals surface area contributed by atoms with Gasteiger partial charge in [0.15, 0.2) is 5.78 Å². The lowest BCUT2D eigenvalue weighted by molar-refractivity contribution is 0.0693. The maximum absolute atomic E-state index is 11.1. The maximum Gasteiger partial charge on any atom is 0.339 e. The molecule has 0 saturated carbocycles. The highest BCUT2D eigenvalue weighted by Gasteiger charge is 2.11. The van der Waals surface area contributed by atoms with Crippen LogP contribution in [0, 0.1) is 0 Å². The van der Waals surface area contributed by atoms with Crippen LogP contribution in [0.2, 0.25) is 0 Å². The predicted octanol–water partition coefficient (Wildman–Crippen LogP) is 1.46. The van der Waals surface area contributed by atoms with Crippen LogP contribution in [0.15, 0.2) is 30.9 Å². The normalized spacial score (nSPS) is 9.43. The van der Waals surface area contributed by atoms with Gasteiger partial charge in [-0.2, -0.15) is 0 Å². The third-order valence-corrected chi connectivity index (χ3v) is 1.70. The van der Waals surface area contributed by atoms with Gasteiger partial charge in [0.05, 0.1) is 0 Å². The fourth-order valence-electron chi connectivity index (χ4n) is 0.984. The van der Waals surface area contributed by atoms with Crippen molar-refractivity contribution >= 4 is 11.8 Å². The molecule has 0 aliphatic rings. The van der Waals surface area contributed by atoms with Crippen molar-refractivity contribution in [3.8, 4) is 5.75 Å². The van der Waals surface area contributed by atoms with Crippen LogP contribution in [0.5, 0.6) is 5.75 Å². The molecule has 0 aliphatic carbocycles. The maximum atomic E-state index is 11.1. The average Bonchev–Trinajstić information content (AvgIpc) is 2.15. The number of carboxylic acids is 1. The summed E-state index contributed by atoms with van der Waals surface area (Å²) >= 11 is 0. The smallest absolute Gasteiger partial charge is 0.339 e. The van der Waals surface area contributed by atoms with E-state index >= 15 is 0 Å². The summed E-state index contributed by atoms with van der Waals surface area (Å²) in [4.78, 5) is 21.6. The van der Waals surface area contributed by atoms with Gasteiger partial charge in [-0.25, -0.2) is 4.79 Å². The van der Waals surface area contributed by atoms with E-state index in [-0.39, 0.29) is 16.9 Å². The molecule has 0 radical (unpaired) electrons. The Kier molecular flexibility index (Phi) is 2.67. The molecule has 14 heavy (non-hydrogen) atoms. The van der Waals surface area contributed by atoms with Crippen LogP contribution in [0.1, 0.15) is 20.7 Å². The number of hydrogen-bond donors (Lipinski definition) is 2. The van der Waals surface area contributed by atoms with E-state index in [1.165, 1.54) is 12.1 Å². The van der Waals surface area contributed by atoms with Crippen molar-refractivity contribution in [2.45, 2.75) is 0 Å². The van der Waals surface area contributed by atoms with E-state index in [1.54, 1.807) is 0 Å². The molecule has 0 amide bonds. The zero-order chi connectivity index (χ0) is 10.7. The van der Waals surface area contributed by atoms with Gasteiger partial charge in [-0.05, 0) is 24.3 Å². The highest BCUT2D eigenvalue weighted by atomic mass is 16.4. The SMILES string of the molecule is C=CC(=O)c1ccc(C(=O)O)c(O)c1.